The minimum Gasteiger partial charge on any atom is -0.332 e. The summed E-state index contributed by atoms with van der Waals surface area (Å²) in [7, 11) is 2.07. The Morgan fingerprint density at radius 3 is 2.72 bits per heavy atom. The van der Waals surface area contributed by atoms with Crippen LogP contribution in [0.15, 0.2) is 53.6 Å². The van der Waals surface area contributed by atoms with Gasteiger partial charge in [-0.2, -0.15) is 0 Å². The van der Waals surface area contributed by atoms with Crippen LogP contribution in [0.1, 0.15) is 16.8 Å². The van der Waals surface area contributed by atoms with E-state index in [1.807, 2.05) is 37.4 Å². The first-order valence-corrected chi connectivity index (χ1v) is 9.96. The van der Waals surface area contributed by atoms with Crippen molar-refractivity contribution in [2.75, 3.05) is 13.1 Å². The van der Waals surface area contributed by atoms with Gasteiger partial charge in [0.1, 0.15) is 11.5 Å². The van der Waals surface area contributed by atoms with Crippen molar-refractivity contribution < 1.29 is 0 Å². The summed E-state index contributed by atoms with van der Waals surface area (Å²) in [5.74, 6) is 0.639. The molecule has 0 saturated heterocycles. The molecule has 1 N–H and O–H groups in total. The molecule has 5 rings (SSSR count). The third-order valence-corrected chi connectivity index (χ3v) is 5.72. The lowest BCUT2D eigenvalue weighted by Gasteiger charge is -2.08. The van der Waals surface area contributed by atoms with Gasteiger partial charge in [-0.25, -0.2) is 4.98 Å². The molecule has 6 heteroatoms. The van der Waals surface area contributed by atoms with E-state index in [0.29, 0.717) is 5.82 Å². The number of fused-ring (bicyclic) bond motifs is 3. The monoisotopic (exact) mass is 385 g/mol. The van der Waals surface area contributed by atoms with Crippen molar-refractivity contribution in [2.24, 2.45) is 7.05 Å². The van der Waals surface area contributed by atoms with Crippen molar-refractivity contribution in [3.63, 3.8) is 0 Å². The highest BCUT2D eigenvalue weighted by Crippen LogP contribution is 2.27. The molecule has 0 bridgehead atoms. The Balaban J connectivity index is 1.58. The van der Waals surface area contributed by atoms with Gasteiger partial charge in [0.05, 0.1) is 5.69 Å². The van der Waals surface area contributed by atoms with Gasteiger partial charge in [0.15, 0.2) is 0 Å². The zero-order valence-corrected chi connectivity index (χ0v) is 16.6. The summed E-state index contributed by atoms with van der Waals surface area (Å²) in [6, 6.07) is 11.5. The van der Waals surface area contributed by atoms with Crippen LogP contribution in [0.5, 0.6) is 0 Å². The SMILES string of the molecule is Cc1ccc(-c2ccn(-c3ccc4c5c(n(C)c4n3)CCNCC5)c(=O)c2)nc1. The maximum Gasteiger partial charge on any atom is 0.256 e. The second-order valence-electron chi connectivity index (χ2n) is 7.62. The Morgan fingerprint density at radius 2 is 1.93 bits per heavy atom. The molecule has 1 aliphatic rings. The largest absolute Gasteiger partial charge is 0.332 e. The molecule has 5 heterocycles. The molecule has 4 aromatic rings. The normalized spacial score (nSPS) is 14.0. The Bertz CT molecular complexity index is 1270. The zero-order chi connectivity index (χ0) is 20.0. The number of aromatic nitrogens is 4. The molecular weight excluding hydrogens is 362 g/mol. The first-order chi connectivity index (χ1) is 14.1. The third-order valence-electron chi connectivity index (χ3n) is 5.72. The number of nitrogens with one attached hydrogen (secondary N) is 1. The lowest BCUT2D eigenvalue weighted by atomic mass is 10.1. The summed E-state index contributed by atoms with van der Waals surface area (Å²) < 4.78 is 3.77. The molecule has 0 radical (unpaired) electrons. The lowest BCUT2D eigenvalue weighted by molar-refractivity contribution is 0.698. The van der Waals surface area contributed by atoms with Gasteiger partial charge >= 0.3 is 0 Å². The highest BCUT2D eigenvalue weighted by atomic mass is 16.1. The summed E-state index contributed by atoms with van der Waals surface area (Å²) in [6.45, 7) is 3.97. The quantitative estimate of drug-likeness (QED) is 0.576. The molecule has 0 saturated carbocycles. The Morgan fingerprint density at radius 1 is 1.07 bits per heavy atom. The van der Waals surface area contributed by atoms with Crippen LogP contribution < -0.4 is 10.9 Å². The Hall–Kier alpha value is -3.25. The molecule has 4 aromatic heterocycles. The van der Waals surface area contributed by atoms with Gasteiger partial charge in [-0.3, -0.25) is 14.3 Å². The fourth-order valence-electron chi connectivity index (χ4n) is 4.16. The Labute approximate surface area is 168 Å². The fraction of sp³-hybridized carbons (Fsp3) is 0.261. The van der Waals surface area contributed by atoms with Crippen molar-refractivity contribution in [3.8, 4) is 17.1 Å². The first kappa shape index (κ1) is 17.8. The average Bonchev–Trinajstić information content (AvgIpc) is 2.89. The predicted octanol–water partition coefficient (Wildman–Crippen LogP) is 2.78. The molecular formula is C23H23N5O. The molecule has 29 heavy (non-hydrogen) atoms. The van der Waals surface area contributed by atoms with Crippen molar-refractivity contribution in [1.29, 1.82) is 0 Å². The highest BCUT2D eigenvalue weighted by Gasteiger charge is 2.18. The molecule has 0 amide bonds. The van der Waals surface area contributed by atoms with E-state index in [1.54, 1.807) is 16.8 Å². The minimum absolute atomic E-state index is 0.114. The molecule has 0 unspecified atom stereocenters. The number of hydrogen-bond acceptors (Lipinski definition) is 4. The van der Waals surface area contributed by atoms with E-state index in [1.165, 1.54) is 16.6 Å². The van der Waals surface area contributed by atoms with Gasteiger partial charge in [0.2, 0.25) is 0 Å². The summed E-state index contributed by atoms with van der Waals surface area (Å²) in [5.41, 5.74) is 6.23. The van der Waals surface area contributed by atoms with E-state index in [0.717, 1.165) is 48.4 Å². The van der Waals surface area contributed by atoms with Gasteiger partial charge in [0, 0.05) is 55.1 Å². The van der Waals surface area contributed by atoms with Gasteiger partial charge in [0.25, 0.3) is 5.56 Å². The lowest BCUT2D eigenvalue weighted by Crippen LogP contribution is -2.18. The maximum atomic E-state index is 12.8. The van der Waals surface area contributed by atoms with Gasteiger partial charge < -0.3 is 9.88 Å². The van der Waals surface area contributed by atoms with Crippen LogP contribution in [0, 0.1) is 6.92 Å². The second-order valence-corrected chi connectivity index (χ2v) is 7.62. The van der Waals surface area contributed by atoms with Crippen LogP contribution in [0.4, 0.5) is 0 Å². The smallest absolute Gasteiger partial charge is 0.256 e. The zero-order valence-electron chi connectivity index (χ0n) is 16.6. The van der Waals surface area contributed by atoms with Gasteiger partial charge in [-0.15, -0.1) is 0 Å². The molecule has 0 atom stereocenters. The van der Waals surface area contributed by atoms with Gasteiger partial charge in [-0.05, 0) is 55.3 Å². The molecule has 0 spiro atoms. The second kappa shape index (κ2) is 6.97. The first-order valence-electron chi connectivity index (χ1n) is 9.96. The summed E-state index contributed by atoms with van der Waals surface area (Å²) in [4.78, 5) is 22.1. The average molecular weight is 385 g/mol. The van der Waals surface area contributed by atoms with Crippen molar-refractivity contribution in [3.05, 3.63) is 76.0 Å². The number of aryl methyl sites for hydroxylation is 2. The van der Waals surface area contributed by atoms with E-state index >= 15 is 0 Å². The predicted molar refractivity (Wildman–Crippen MR) is 115 cm³/mol. The molecule has 0 aliphatic carbocycles. The summed E-state index contributed by atoms with van der Waals surface area (Å²) in [5, 5.41) is 4.64. The van der Waals surface area contributed by atoms with Crippen LogP contribution in [0.25, 0.3) is 28.1 Å². The van der Waals surface area contributed by atoms with Crippen LogP contribution in [-0.4, -0.2) is 32.2 Å². The Kier molecular flexibility index (Phi) is 4.28. The van der Waals surface area contributed by atoms with E-state index < -0.39 is 0 Å². The van der Waals surface area contributed by atoms with Gasteiger partial charge in [-0.1, -0.05) is 6.07 Å². The standard InChI is InChI=1S/C23H23N5O/c1-15-3-5-19(25-14-15)16-9-12-28(22(29)13-16)21-6-4-18-17-7-10-24-11-8-20(17)27(2)23(18)26-21/h3-6,9,12-14,24H,7-8,10-11H2,1-2H3. The summed E-state index contributed by atoms with van der Waals surface area (Å²) >= 11 is 0. The summed E-state index contributed by atoms with van der Waals surface area (Å²) in [6.07, 6.45) is 5.60. The van der Waals surface area contributed by atoms with Crippen molar-refractivity contribution in [2.45, 2.75) is 19.8 Å². The van der Waals surface area contributed by atoms with E-state index in [2.05, 4.69) is 28.0 Å². The maximum absolute atomic E-state index is 12.8. The number of pyridine rings is 3. The number of rotatable bonds is 2. The molecule has 1 aliphatic heterocycles. The van der Waals surface area contributed by atoms with Crippen molar-refractivity contribution >= 4 is 11.0 Å². The molecule has 6 nitrogen and oxygen atoms in total. The topological polar surface area (TPSA) is 64.7 Å². The molecule has 0 fully saturated rings. The number of nitrogens with zero attached hydrogens (tertiary/aromatic N) is 4. The minimum atomic E-state index is -0.114. The molecule has 0 aromatic carbocycles. The van der Waals surface area contributed by atoms with E-state index in [-0.39, 0.29) is 5.56 Å². The molecule has 146 valence electrons. The van der Waals surface area contributed by atoms with E-state index in [9.17, 15) is 4.79 Å². The number of hydrogen-bond donors (Lipinski definition) is 1. The van der Waals surface area contributed by atoms with Crippen LogP contribution >= 0.6 is 0 Å². The van der Waals surface area contributed by atoms with Crippen molar-refractivity contribution in [1.82, 2.24) is 24.4 Å². The van der Waals surface area contributed by atoms with E-state index in [4.69, 9.17) is 4.98 Å². The van der Waals surface area contributed by atoms with Crippen LogP contribution in [0.3, 0.4) is 0 Å². The van der Waals surface area contributed by atoms with Crippen LogP contribution in [0.2, 0.25) is 0 Å². The fourth-order valence-corrected chi connectivity index (χ4v) is 4.16. The van der Waals surface area contributed by atoms with Crippen LogP contribution in [-0.2, 0) is 19.9 Å². The highest BCUT2D eigenvalue weighted by molar-refractivity contribution is 5.83. The third kappa shape index (κ3) is 3.06.